The van der Waals surface area contributed by atoms with Gasteiger partial charge in [-0.3, -0.25) is 4.79 Å². The van der Waals surface area contributed by atoms with Crippen LogP contribution in [0.25, 0.3) is 0 Å². The van der Waals surface area contributed by atoms with Gasteiger partial charge in [0, 0.05) is 26.0 Å². The van der Waals surface area contributed by atoms with E-state index in [1.54, 1.807) is 42.5 Å². The van der Waals surface area contributed by atoms with Crippen LogP contribution in [-0.2, 0) is 11.3 Å². The lowest BCUT2D eigenvalue weighted by Gasteiger charge is -2.32. The summed E-state index contributed by atoms with van der Waals surface area (Å²) in [4.78, 5) is 26.1. The predicted molar refractivity (Wildman–Crippen MR) is 92.7 cm³/mol. The van der Waals surface area contributed by atoms with Crippen LogP contribution in [0.5, 0.6) is 0 Å². The second kappa shape index (κ2) is 8.02. The van der Waals surface area contributed by atoms with Gasteiger partial charge in [0.15, 0.2) is 6.54 Å². The monoisotopic (exact) mass is 344 g/mol. The summed E-state index contributed by atoms with van der Waals surface area (Å²) in [6.45, 7) is 4.42. The Morgan fingerprint density at radius 2 is 1.84 bits per heavy atom. The molecule has 0 atom stereocenters. The molecule has 1 fully saturated rings. The molecule has 1 aliphatic rings. The van der Waals surface area contributed by atoms with E-state index in [0.29, 0.717) is 13.1 Å². The average Bonchev–Trinajstić information content (AvgIpc) is 2.65. The van der Waals surface area contributed by atoms with Crippen molar-refractivity contribution in [2.75, 3.05) is 44.7 Å². The van der Waals surface area contributed by atoms with E-state index in [2.05, 4.69) is 14.9 Å². The molecular weight excluding hydrogens is 321 g/mol. The Kier molecular flexibility index (Phi) is 5.55. The molecule has 6 nitrogen and oxygen atoms in total. The van der Waals surface area contributed by atoms with Crippen LogP contribution in [0.1, 0.15) is 5.56 Å². The summed E-state index contributed by atoms with van der Waals surface area (Å²) < 4.78 is 12.9. The highest BCUT2D eigenvalue weighted by atomic mass is 19.1. The zero-order valence-corrected chi connectivity index (χ0v) is 14.4. The number of quaternary nitrogens is 1. The van der Waals surface area contributed by atoms with Crippen molar-refractivity contribution in [3.8, 4) is 0 Å². The van der Waals surface area contributed by atoms with Gasteiger partial charge in [0.2, 0.25) is 5.95 Å². The number of benzene rings is 1. The van der Waals surface area contributed by atoms with Crippen LogP contribution in [-0.4, -0.2) is 60.5 Å². The summed E-state index contributed by atoms with van der Waals surface area (Å²) in [5.74, 6) is 0.590. The van der Waals surface area contributed by atoms with Crippen molar-refractivity contribution in [2.45, 2.75) is 6.54 Å². The van der Waals surface area contributed by atoms with Crippen LogP contribution in [0, 0.1) is 5.82 Å². The molecule has 0 unspecified atom stereocenters. The standard InChI is InChI=1S/C18H22FN5O/c1-22(13-15-3-5-16(19)6-4-15)17(25)14-23-9-11-24(12-10-23)18-20-7-2-8-21-18/h2-8H,9-14H2,1H3/p+1. The SMILES string of the molecule is CN(Cc1ccc(F)cc1)C(=O)C[NH+]1CCN(c2ncccn2)CC1. The topological polar surface area (TPSA) is 53.8 Å². The first-order valence-corrected chi connectivity index (χ1v) is 8.46. The first-order chi connectivity index (χ1) is 12.1. The van der Waals surface area contributed by atoms with Gasteiger partial charge in [0.1, 0.15) is 5.82 Å². The van der Waals surface area contributed by atoms with E-state index in [1.807, 2.05) is 0 Å². The van der Waals surface area contributed by atoms with Crippen molar-refractivity contribution in [1.82, 2.24) is 14.9 Å². The van der Waals surface area contributed by atoms with Gasteiger partial charge in [-0.1, -0.05) is 12.1 Å². The molecule has 1 amide bonds. The molecule has 0 aliphatic carbocycles. The molecule has 1 N–H and O–H groups in total. The van der Waals surface area contributed by atoms with Gasteiger partial charge in [-0.2, -0.15) is 0 Å². The molecule has 0 radical (unpaired) electrons. The quantitative estimate of drug-likeness (QED) is 0.828. The normalized spacial score (nSPS) is 15.2. The van der Waals surface area contributed by atoms with Crippen LogP contribution >= 0.6 is 0 Å². The number of anilines is 1. The van der Waals surface area contributed by atoms with E-state index >= 15 is 0 Å². The van der Waals surface area contributed by atoms with Gasteiger partial charge in [-0.15, -0.1) is 0 Å². The van der Waals surface area contributed by atoms with Crippen LogP contribution in [0.15, 0.2) is 42.7 Å². The molecule has 1 aliphatic heterocycles. The third-order valence-corrected chi connectivity index (χ3v) is 4.47. The van der Waals surface area contributed by atoms with Gasteiger partial charge < -0.3 is 14.7 Å². The maximum Gasteiger partial charge on any atom is 0.277 e. The number of carbonyl (C=O) groups is 1. The average molecular weight is 344 g/mol. The molecule has 0 spiro atoms. The Balaban J connectivity index is 1.46. The molecule has 1 aromatic carbocycles. The highest BCUT2D eigenvalue weighted by Crippen LogP contribution is 2.06. The van der Waals surface area contributed by atoms with Crippen LogP contribution in [0.2, 0.25) is 0 Å². The molecule has 25 heavy (non-hydrogen) atoms. The minimum atomic E-state index is -0.262. The van der Waals surface area contributed by atoms with Crippen LogP contribution < -0.4 is 9.80 Å². The van der Waals surface area contributed by atoms with E-state index in [1.165, 1.54) is 17.0 Å². The number of piperazine rings is 1. The van der Waals surface area contributed by atoms with E-state index < -0.39 is 0 Å². The first-order valence-electron chi connectivity index (χ1n) is 8.46. The van der Waals surface area contributed by atoms with Crippen LogP contribution in [0.4, 0.5) is 10.3 Å². The highest BCUT2D eigenvalue weighted by Gasteiger charge is 2.24. The smallest absolute Gasteiger partial charge is 0.277 e. The van der Waals surface area contributed by atoms with E-state index in [4.69, 9.17) is 0 Å². The van der Waals surface area contributed by atoms with Crippen molar-refractivity contribution in [2.24, 2.45) is 0 Å². The van der Waals surface area contributed by atoms with Gasteiger partial charge in [-0.05, 0) is 23.8 Å². The lowest BCUT2D eigenvalue weighted by atomic mass is 10.2. The molecule has 1 saturated heterocycles. The van der Waals surface area contributed by atoms with E-state index in [0.717, 1.165) is 37.7 Å². The summed E-state index contributed by atoms with van der Waals surface area (Å²) in [5, 5.41) is 0. The number of hydrogen-bond acceptors (Lipinski definition) is 4. The van der Waals surface area contributed by atoms with Gasteiger partial charge in [0.25, 0.3) is 5.91 Å². The zero-order chi connectivity index (χ0) is 17.6. The Morgan fingerprint density at radius 3 is 2.48 bits per heavy atom. The first kappa shape index (κ1) is 17.3. The maximum absolute atomic E-state index is 12.9. The second-order valence-corrected chi connectivity index (χ2v) is 6.34. The summed E-state index contributed by atoms with van der Waals surface area (Å²) in [7, 11) is 1.79. The summed E-state index contributed by atoms with van der Waals surface area (Å²) >= 11 is 0. The van der Waals surface area contributed by atoms with Gasteiger partial charge >= 0.3 is 0 Å². The van der Waals surface area contributed by atoms with Gasteiger partial charge in [0.05, 0.1) is 26.2 Å². The molecular formula is C18H23FN5O+. The number of nitrogens with one attached hydrogen (secondary N) is 1. The Bertz CT molecular complexity index is 686. The second-order valence-electron chi connectivity index (χ2n) is 6.34. The Morgan fingerprint density at radius 1 is 1.20 bits per heavy atom. The number of rotatable bonds is 5. The number of likely N-dealkylation sites (N-methyl/N-ethyl adjacent to an activating group) is 1. The molecule has 0 saturated carbocycles. The number of amides is 1. The van der Waals surface area contributed by atoms with Crippen molar-refractivity contribution < 1.29 is 14.1 Å². The minimum Gasteiger partial charge on any atom is -0.337 e. The van der Waals surface area contributed by atoms with Gasteiger partial charge in [-0.25, -0.2) is 14.4 Å². The summed E-state index contributed by atoms with van der Waals surface area (Å²) in [6, 6.07) is 8.07. The lowest BCUT2D eigenvalue weighted by molar-refractivity contribution is -0.892. The zero-order valence-electron chi connectivity index (χ0n) is 14.4. The van der Waals surface area contributed by atoms with Crippen molar-refractivity contribution in [3.63, 3.8) is 0 Å². The maximum atomic E-state index is 12.9. The van der Waals surface area contributed by atoms with Crippen LogP contribution in [0.3, 0.4) is 0 Å². The number of halogens is 1. The summed E-state index contributed by atoms with van der Waals surface area (Å²) in [6.07, 6.45) is 3.49. The third kappa shape index (κ3) is 4.73. The molecule has 0 bridgehead atoms. The molecule has 1 aromatic heterocycles. The van der Waals surface area contributed by atoms with E-state index in [9.17, 15) is 9.18 Å². The molecule has 3 rings (SSSR count). The van der Waals surface area contributed by atoms with Crippen molar-refractivity contribution in [1.29, 1.82) is 0 Å². The summed E-state index contributed by atoms with van der Waals surface area (Å²) in [5.41, 5.74) is 0.929. The van der Waals surface area contributed by atoms with Crippen molar-refractivity contribution in [3.05, 3.63) is 54.1 Å². The fourth-order valence-corrected chi connectivity index (χ4v) is 2.95. The fourth-order valence-electron chi connectivity index (χ4n) is 2.95. The molecule has 132 valence electrons. The number of aromatic nitrogens is 2. The largest absolute Gasteiger partial charge is 0.337 e. The third-order valence-electron chi connectivity index (χ3n) is 4.47. The Labute approximate surface area is 146 Å². The Hall–Kier alpha value is -2.54. The number of nitrogens with zero attached hydrogens (tertiary/aromatic N) is 4. The fraction of sp³-hybridized carbons (Fsp3) is 0.389. The number of carbonyl (C=O) groups excluding carboxylic acids is 1. The van der Waals surface area contributed by atoms with E-state index in [-0.39, 0.29) is 11.7 Å². The molecule has 2 heterocycles. The molecule has 7 heteroatoms. The predicted octanol–water partition coefficient (Wildman–Crippen LogP) is -0.0208. The number of hydrogen-bond donors (Lipinski definition) is 1. The molecule has 2 aromatic rings. The van der Waals surface area contributed by atoms with Crippen molar-refractivity contribution >= 4 is 11.9 Å². The highest BCUT2D eigenvalue weighted by molar-refractivity contribution is 5.76. The minimum absolute atomic E-state index is 0.101. The lowest BCUT2D eigenvalue weighted by Crippen LogP contribution is -3.15.